The standard InChI is InChI=1S/C13H19N5/c1-10(2)5-8-18-9-6-12(17-18)16-13-14-7-4-11(3)15-13/h4,6-7,9-10H,5,8H2,1-3H3,(H,14,15,16,17). The number of rotatable bonds is 5. The van der Waals surface area contributed by atoms with Crippen molar-refractivity contribution in [1.82, 2.24) is 19.7 Å². The first-order valence-electron chi connectivity index (χ1n) is 6.23. The van der Waals surface area contributed by atoms with Crippen molar-refractivity contribution in [2.75, 3.05) is 5.32 Å². The van der Waals surface area contributed by atoms with Gasteiger partial charge in [0.1, 0.15) is 0 Å². The molecule has 0 aliphatic heterocycles. The summed E-state index contributed by atoms with van der Waals surface area (Å²) in [6, 6.07) is 3.80. The van der Waals surface area contributed by atoms with Crippen LogP contribution < -0.4 is 5.32 Å². The monoisotopic (exact) mass is 245 g/mol. The van der Waals surface area contributed by atoms with Gasteiger partial charge < -0.3 is 5.32 Å². The predicted molar refractivity (Wildman–Crippen MR) is 71.7 cm³/mol. The van der Waals surface area contributed by atoms with Crippen LogP contribution in [0.3, 0.4) is 0 Å². The molecule has 0 unspecified atom stereocenters. The van der Waals surface area contributed by atoms with Crippen molar-refractivity contribution in [2.24, 2.45) is 5.92 Å². The Morgan fingerprint density at radius 3 is 2.89 bits per heavy atom. The highest BCUT2D eigenvalue weighted by molar-refractivity contribution is 5.46. The van der Waals surface area contributed by atoms with Gasteiger partial charge >= 0.3 is 0 Å². The predicted octanol–water partition coefficient (Wildman–Crippen LogP) is 2.77. The largest absolute Gasteiger partial charge is 0.307 e. The Bertz CT molecular complexity index is 504. The number of aryl methyl sites for hydroxylation is 2. The van der Waals surface area contributed by atoms with E-state index in [2.05, 4.69) is 34.2 Å². The molecular formula is C13H19N5. The van der Waals surface area contributed by atoms with Gasteiger partial charge in [-0.25, -0.2) is 9.97 Å². The van der Waals surface area contributed by atoms with Gasteiger partial charge in [0, 0.05) is 30.7 Å². The summed E-state index contributed by atoms with van der Waals surface area (Å²) in [7, 11) is 0. The highest BCUT2D eigenvalue weighted by Gasteiger charge is 2.02. The van der Waals surface area contributed by atoms with Gasteiger partial charge in [0.05, 0.1) is 0 Å². The van der Waals surface area contributed by atoms with Crippen LogP contribution in [0.2, 0.25) is 0 Å². The van der Waals surface area contributed by atoms with E-state index in [9.17, 15) is 0 Å². The first-order chi connectivity index (χ1) is 8.63. The Morgan fingerprint density at radius 2 is 2.17 bits per heavy atom. The van der Waals surface area contributed by atoms with Crippen molar-refractivity contribution < 1.29 is 0 Å². The minimum atomic E-state index is 0.587. The molecule has 0 aliphatic rings. The summed E-state index contributed by atoms with van der Waals surface area (Å²) in [5.41, 5.74) is 0.937. The maximum Gasteiger partial charge on any atom is 0.228 e. The van der Waals surface area contributed by atoms with Crippen molar-refractivity contribution in [2.45, 2.75) is 33.7 Å². The lowest BCUT2D eigenvalue weighted by Crippen LogP contribution is -2.03. The summed E-state index contributed by atoms with van der Waals surface area (Å²) in [4.78, 5) is 8.43. The van der Waals surface area contributed by atoms with Crippen molar-refractivity contribution in [3.63, 3.8) is 0 Å². The number of nitrogens with one attached hydrogen (secondary N) is 1. The van der Waals surface area contributed by atoms with Crippen LogP contribution in [0.15, 0.2) is 24.5 Å². The molecule has 0 atom stereocenters. The molecule has 2 aromatic rings. The SMILES string of the molecule is Cc1ccnc(Nc2ccn(CCC(C)C)n2)n1. The molecule has 18 heavy (non-hydrogen) atoms. The van der Waals surface area contributed by atoms with Gasteiger partial charge in [0.2, 0.25) is 5.95 Å². The lowest BCUT2D eigenvalue weighted by Gasteiger charge is -2.04. The van der Waals surface area contributed by atoms with Crippen molar-refractivity contribution in [3.8, 4) is 0 Å². The van der Waals surface area contributed by atoms with E-state index in [1.165, 1.54) is 0 Å². The van der Waals surface area contributed by atoms with Gasteiger partial charge in [-0.3, -0.25) is 4.68 Å². The Morgan fingerprint density at radius 1 is 1.33 bits per heavy atom. The molecule has 2 rings (SSSR count). The molecule has 5 nitrogen and oxygen atoms in total. The molecule has 5 heteroatoms. The molecule has 1 N–H and O–H groups in total. The first-order valence-corrected chi connectivity index (χ1v) is 6.23. The Labute approximate surface area is 107 Å². The van der Waals surface area contributed by atoms with Crippen LogP contribution in [0.5, 0.6) is 0 Å². The topological polar surface area (TPSA) is 55.6 Å². The third-order valence-electron chi connectivity index (χ3n) is 2.61. The summed E-state index contributed by atoms with van der Waals surface area (Å²) in [5.74, 6) is 2.05. The molecule has 0 radical (unpaired) electrons. The number of hydrogen-bond acceptors (Lipinski definition) is 4. The van der Waals surface area contributed by atoms with E-state index < -0.39 is 0 Å². The maximum absolute atomic E-state index is 4.43. The van der Waals surface area contributed by atoms with Crippen LogP contribution in [-0.2, 0) is 6.54 Å². The molecule has 0 saturated carbocycles. The molecule has 0 aromatic carbocycles. The zero-order valence-corrected chi connectivity index (χ0v) is 11.1. The smallest absolute Gasteiger partial charge is 0.228 e. The molecule has 96 valence electrons. The minimum absolute atomic E-state index is 0.587. The summed E-state index contributed by atoms with van der Waals surface area (Å²) in [6.07, 6.45) is 4.84. The average Bonchev–Trinajstić information content (AvgIpc) is 2.74. The Balaban J connectivity index is 1.98. The second-order valence-electron chi connectivity index (χ2n) is 4.79. The van der Waals surface area contributed by atoms with Crippen LogP contribution in [-0.4, -0.2) is 19.7 Å². The fraction of sp³-hybridized carbons (Fsp3) is 0.462. The van der Waals surface area contributed by atoms with Gasteiger partial charge in [-0.1, -0.05) is 13.8 Å². The lowest BCUT2D eigenvalue weighted by atomic mass is 10.1. The molecular weight excluding hydrogens is 226 g/mol. The number of nitrogens with zero attached hydrogens (tertiary/aromatic N) is 4. The summed E-state index contributed by atoms with van der Waals surface area (Å²) in [5, 5.41) is 7.53. The van der Waals surface area contributed by atoms with Gasteiger partial charge in [0.25, 0.3) is 0 Å². The maximum atomic E-state index is 4.43. The number of anilines is 2. The fourth-order valence-electron chi connectivity index (χ4n) is 1.57. The lowest BCUT2D eigenvalue weighted by molar-refractivity contribution is 0.488. The van der Waals surface area contributed by atoms with Crippen LogP contribution >= 0.6 is 0 Å². The minimum Gasteiger partial charge on any atom is -0.307 e. The Hall–Kier alpha value is -1.91. The van der Waals surface area contributed by atoms with Crippen molar-refractivity contribution in [3.05, 3.63) is 30.2 Å². The third-order valence-corrected chi connectivity index (χ3v) is 2.61. The summed E-state index contributed by atoms with van der Waals surface area (Å²) < 4.78 is 1.94. The van der Waals surface area contributed by atoms with Crippen LogP contribution in [0, 0.1) is 12.8 Å². The quantitative estimate of drug-likeness (QED) is 0.880. The Kier molecular flexibility index (Phi) is 3.92. The molecule has 0 bridgehead atoms. The second kappa shape index (κ2) is 5.62. The average molecular weight is 245 g/mol. The van der Waals surface area contributed by atoms with Crippen molar-refractivity contribution in [1.29, 1.82) is 0 Å². The highest BCUT2D eigenvalue weighted by Crippen LogP contribution is 2.10. The van der Waals surface area contributed by atoms with Gasteiger partial charge in [-0.2, -0.15) is 5.10 Å². The molecule has 0 fully saturated rings. The van der Waals surface area contributed by atoms with Gasteiger partial charge in [-0.15, -0.1) is 0 Å². The third kappa shape index (κ3) is 3.55. The summed E-state index contributed by atoms with van der Waals surface area (Å²) in [6.45, 7) is 7.30. The van der Waals surface area contributed by atoms with Crippen LogP contribution in [0.4, 0.5) is 11.8 Å². The summed E-state index contributed by atoms with van der Waals surface area (Å²) >= 11 is 0. The molecule has 0 aliphatic carbocycles. The van der Waals surface area contributed by atoms with Gasteiger partial charge in [-0.05, 0) is 25.3 Å². The van der Waals surface area contributed by atoms with E-state index in [0.29, 0.717) is 11.9 Å². The van der Waals surface area contributed by atoms with E-state index >= 15 is 0 Å². The molecule has 0 saturated heterocycles. The zero-order chi connectivity index (χ0) is 13.0. The van der Waals surface area contributed by atoms with E-state index in [-0.39, 0.29) is 0 Å². The van der Waals surface area contributed by atoms with E-state index in [1.54, 1.807) is 6.20 Å². The number of hydrogen-bond donors (Lipinski definition) is 1. The molecule has 2 aromatic heterocycles. The second-order valence-corrected chi connectivity index (χ2v) is 4.79. The van der Waals surface area contributed by atoms with E-state index in [1.807, 2.05) is 29.9 Å². The molecule has 2 heterocycles. The zero-order valence-electron chi connectivity index (χ0n) is 11.1. The number of aromatic nitrogens is 4. The van der Waals surface area contributed by atoms with Crippen LogP contribution in [0.1, 0.15) is 26.0 Å². The van der Waals surface area contributed by atoms with E-state index in [0.717, 1.165) is 24.5 Å². The van der Waals surface area contributed by atoms with Crippen LogP contribution in [0.25, 0.3) is 0 Å². The highest BCUT2D eigenvalue weighted by atomic mass is 15.3. The van der Waals surface area contributed by atoms with E-state index in [4.69, 9.17) is 0 Å². The first kappa shape index (κ1) is 12.5. The van der Waals surface area contributed by atoms with Crippen molar-refractivity contribution >= 4 is 11.8 Å². The fourth-order valence-corrected chi connectivity index (χ4v) is 1.57. The normalized spacial score (nSPS) is 10.9. The van der Waals surface area contributed by atoms with Gasteiger partial charge in [0.15, 0.2) is 5.82 Å². The molecule has 0 amide bonds. The molecule has 0 spiro atoms.